The lowest BCUT2D eigenvalue weighted by molar-refractivity contribution is 0.0698. The summed E-state index contributed by atoms with van der Waals surface area (Å²) in [5.41, 5.74) is 1.92. The molecular formula is C13H19NO3. The number of carboxylic acid groups (broad SMARTS) is 1. The third kappa shape index (κ3) is 4.07. The molecule has 0 aliphatic heterocycles. The fourth-order valence-corrected chi connectivity index (χ4v) is 1.62. The molecule has 0 fully saturated rings. The van der Waals surface area contributed by atoms with Crippen LogP contribution in [0.5, 0.6) is 0 Å². The van der Waals surface area contributed by atoms with Gasteiger partial charge in [-0.1, -0.05) is 18.6 Å². The molecule has 0 amide bonds. The molecule has 17 heavy (non-hydrogen) atoms. The molecule has 1 rings (SSSR count). The summed E-state index contributed by atoms with van der Waals surface area (Å²) in [4.78, 5) is 11.1. The van der Waals surface area contributed by atoms with Crippen LogP contribution in [-0.2, 0) is 4.74 Å². The highest BCUT2D eigenvalue weighted by Crippen LogP contribution is 2.17. The van der Waals surface area contributed by atoms with Gasteiger partial charge >= 0.3 is 5.97 Å². The van der Waals surface area contributed by atoms with E-state index in [1.165, 1.54) is 0 Å². The summed E-state index contributed by atoms with van der Waals surface area (Å²) in [6.07, 6.45) is 0. The Balaban J connectivity index is 2.73. The molecular weight excluding hydrogens is 218 g/mol. The minimum absolute atomic E-state index is 0.314. The van der Waals surface area contributed by atoms with E-state index < -0.39 is 5.97 Å². The Morgan fingerprint density at radius 1 is 1.53 bits per heavy atom. The molecule has 1 atom stereocenters. The number of carboxylic acids is 1. The second-order valence-corrected chi connectivity index (χ2v) is 4.30. The van der Waals surface area contributed by atoms with E-state index in [-0.39, 0.29) is 0 Å². The van der Waals surface area contributed by atoms with Crippen LogP contribution in [0.25, 0.3) is 0 Å². The van der Waals surface area contributed by atoms with Gasteiger partial charge < -0.3 is 15.2 Å². The minimum atomic E-state index is -0.907. The van der Waals surface area contributed by atoms with Gasteiger partial charge in [-0.25, -0.2) is 4.79 Å². The molecule has 0 heterocycles. The maximum Gasteiger partial charge on any atom is 0.337 e. The Morgan fingerprint density at radius 2 is 2.24 bits per heavy atom. The smallest absolute Gasteiger partial charge is 0.337 e. The number of aromatic carboxylic acids is 1. The Bertz CT molecular complexity index is 390. The van der Waals surface area contributed by atoms with Crippen LogP contribution in [0.3, 0.4) is 0 Å². The standard InChI is InChI=1S/C13H19NO3/c1-9-4-5-12(11(6-9)13(15)16)14-7-10(2)8-17-3/h4-6,10,14H,7-8H2,1-3H3,(H,15,16). The van der Waals surface area contributed by atoms with E-state index in [0.29, 0.717) is 30.3 Å². The van der Waals surface area contributed by atoms with Gasteiger partial charge in [-0.3, -0.25) is 0 Å². The lowest BCUT2D eigenvalue weighted by atomic mass is 10.1. The van der Waals surface area contributed by atoms with Gasteiger partial charge in [-0.05, 0) is 25.0 Å². The normalized spacial score (nSPS) is 12.2. The predicted molar refractivity (Wildman–Crippen MR) is 67.7 cm³/mol. The Kier molecular flexibility index (Phi) is 4.97. The Labute approximate surface area is 102 Å². The number of benzene rings is 1. The fourth-order valence-electron chi connectivity index (χ4n) is 1.62. The van der Waals surface area contributed by atoms with E-state index >= 15 is 0 Å². The van der Waals surface area contributed by atoms with Crippen molar-refractivity contribution in [1.82, 2.24) is 0 Å². The summed E-state index contributed by atoms with van der Waals surface area (Å²) in [6.45, 7) is 5.27. The van der Waals surface area contributed by atoms with Crippen LogP contribution < -0.4 is 5.32 Å². The summed E-state index contributed by atoms with van der Waals surface area (Å²) >= 11 is 0. The average Bonchev–Trinajstić information content (AvgIpc) is 2.27. The summed E-state index contributed by atoms with van der Waals surface area (Å²) < 4.78 is 5.03. The van der Waals surface area contributed by atoms with Gasteiger partial charge in [0.2, 0.25) is 0 Å². The zero-order valence-electron chi connectivity index (χ0n) is 10.5. The first-order valence-corrected chi connectivity index (χ1v) is 5.61. The van der Waals surface area contributed by atoms with Crippen molar-refractivity contribution in [3.8, 4) is 0 Å². The second kappa shape index (κ2) is 6.25. The van der Waals surface area contributed by atoms with Crippen LogP contribution in [0.15, 0.2) is 18.2 Å². The molecule has 0 saturated heterocycles. The van der Waals surface area contributed by atoms with Gasteiger partial charge in [0.1, 0.15) is 0 Å². The molecule has 1 unspecified atom stereocenters. The van der Waals surface area contributed by atoms with Gasteiger partial charge in [0.05, 0.1) is 12.2 Å². The maximum atomic E-state index is 11.1. The zero-order valence-corrected chi connectivity index (χ0v) is 10.5. The number of ether oxygens (including phenoxy) is 1. The van der Waals surface area contributed by atoms with Crippen LogP contribution in [0, 0.1) is 12.8 Å². The Morgan fingerprint density at radius 3 is 2.82 bits per heavy atom. The second-order valence-electron chi connectivity index (χ2n) is 4.30. The van der Waals surface area contributed by atoms with Crippen LogP contribution in [0.2, 0.25) is 0 Å². The van der Waals surface area contributed by atoms with Crippen molar-refractivity contribution in [3.05, 3.63) is 29.3 Å². The van der Waals surface area contributed by atoms with E-state index in [1.807, 2.05) is 19.9 Å². The van der Waals surface area contributed by atoms with Crippen molar-refractivity contribution in [3.63, 3.8) is 0 Å². The SMILES string of the molecule is COCC(C)CNc1ccc(C)cc1C(=O)O. The van der Waals surface area contributed by atoms with E-state index in [2.05, 4.69) is 5.32 Å². The maximum absolute atomic E-state index is 11.1. The number of rotatable bonds is 6. The topological polar surface area (TPSA) is 58.6 Å². The molecule has 0 radical (unpaired) electrons. The number of hydrogen-bond donors (Lipinski definition) is 2. The summed E-state index contributed by atoms with van der Waals surface area (Å²) in [5.74, 6) is -0.571. The predicted octanol–water partition coefficient (Wildman–Crippen LogP) is 2.39. The van der Waals surface area contributed by atoms with Gasteiger partial charge in [-0.2, -0.15) is 0 Å². The highest BCUT2D eigenvalue weighted by atomic mass is 16.5. The molecule has 0 bridgehead atoms. The molecule has 0 aromatic heterocycles. The van der Waals surface area contributed by atoms with Crippen molar-refractivity contribution in [1.29, 1.82) is 0 Å². The highest BCUT2D eigenvalue weighted by molar-refractivity contribution is 5.94. The lowest BCUT2D eigenvalue weighted by Gasteiger charge is -2.14. The number of methoxy groups -OCH3 is 1. The molecule has 94 valence electrons. The van der Waals surface area contributed by atoms with Crippen LogP contribution in [0.4, 0.5) is 5.69 Å². The summed E-state index contributed by atoms with van der Waals surface area (Å²) in [7, 11) is 1.66. The van der Waals surface area contributed by atoms with E-state index in [9.17, 15) is 4.79 Å². The van der Waals surface area contributed by atoms with Gasteiger partial charge in [-0.15, -0.1) is 0 Å². The van der Waals surface area contributed by atoms with Crippen molar-refractivity contribution in [2.45, 2.75) is 13.8 Å². The van der Waals surface area contributed by atoms with Crippen molar-refractivity contribution >= 4 is 11.7 Å². The molecule has 0 saturated carbocycles. The highest BCUT2D eigenvalue weighted by Gasteiger charge is 2.10. The zero-order chi connectivity index (χ0) is 12.8. The molecule has 1 aromatic rings. The van der Waals surface area contributed by atoms with Crippen LogP contribution in [0.1, 0.15) is 22.8 Å². The first kappa shape index (κ1) is 13.5. The first-order valence-electron chi connectivity index (χ1n) is 5.61. The largest absolute Gasteiger partial charge is 0.478 e. The number of hydrogen-bond acceptors (Lipinski definition) is 3. The molecule has 0 aliphatic rings. The number of anilines is 1. The third-order valence-electron chi connectivity index (χ3n) is 2.50. The Hall–Kier alpha value is -1.55. The minimum Gasteiger partial charge on any atom is -0.478 e. The lowest BCUT2D eigenvalue weighted by Crippen LogP contribution is -2.17. The monoisotopic (exact) mass is 237 g/mol. The number of aryl methyl sites for hydroxylation is 1. The average molecular weight is 237 g/mol. The van der Waals surface area contributed by atoms with Gasteiger partial charge in [0, 0.05) is 19.3 Å². The van der Waals surface area contributed by atoms with E-state index in [4.69, 9.17) is 9.84 Å². The van der Waals surface area contributed by atoms with Gasteiger partial charge in [0.15, 0.2) is 0 Å². The van der Waals surface area contributed by atoms with Crippen LogP contribution in [-0.4, -0.2) is 31.3 Å². The van der Waals surface area contributed by atoms with E-state index in [1.54, 1.807) is 19.2 Å². The molecule has 2 N–H and O–H groups in total. The fraction of sp³-hybridized carbons (Fsp3) is 0.462. The van der Waals surface area contributed by atoms with Gasteiger partial charge in [0.25, 0.3) is 0 Å². The first-order chi connectivity index (χ1) is 8.04. The van der Waals surface area contributed by atoms with Crippen molar-refractivity contribution in [2.24, 2.45) is 5.92 Å². The molecule has 0 aliphatic carbocycles. The summed E-state index contributed by atoms with van der Waals surface area (Å²) in [5, 5.41) is 12.2. The van der Waals surface area contributed by atoms with Crippen LogP contribution >= 0.6 is 0 Å². The van der Waals surface area contributed by atoms with E-state index in [0.717, 1.165) is 5.56 Å². The molecule has 4 heteroatoms. The number of nitrogens with one attached hydrogen (secondary N) is 1. The summed E-state index contributed by atoms with van der Waals surface area (Å²) in [6, 6.07) is 5.37. The van der Waals surface area contributed by atoms with Crippen molar-refractivity contribution < 1.29 is 14.6 Å². The molecule has 0 spiro atoms. The molecule has 1 aromatic carbocycles. The third-order valence-corrected chi connectivity index (χ3v) is 2.50. The number of carbonyl (C=O) groups is 1. The van der Waals surface area contributed by atoms with Crippen molar-refractivity contribution in [2.75, 3.05) is 25.6 Å². The molecule has 4 nitrogen and oxygen atoms in total. The quantitative estimate of drug-likeness (QED) is 0.797.